The molecule has 2 N–H and O–H groups in total. The van der Waals surface area contributed by atoms with Crippen LogP contribution in [0.25, 0.3) is 0 Å². The van der Waals surface area contributed by atoms with E-state index in [2.05, 4.69) is 0 Å². The number of H-pyrrole nitrogens is 1. The predicted octanol–water partition coefficient (Wildman–Crippen LogP) is -0.582. The minimum absolute atomic E-state index is 0.0216. The number of halogens is 1. The van der Waals surface area contributed by atoms with Crippen molar-refractivity contribution in [2.45, 2.75) is 13.5 Å². The third-order valence-corrected chi connectivity index (χ3v) is 1.78. The largest absolute Gasteiger partial charge is 0.492 e. The lowest BCUT2D eigenvalue weighted by atomic mass is 10.5. The molecule has 0 spiro atoms. The van der Waals surface area contributed by atoms with Crippen LogP contribution in [0.2, 0.25) is 0 Å². The summed E-state index contributed by atoms with van der Waals surface area (Å²) in [6.07, 6.45) is 0. The van der Waals surface area contributed by atoms with Crippen molar-refractivity contribution in [1.82, 2.24) is 9.55 Å². The number of aromatic amines is 1. The van der Waals surface area contributed by atoms with Crippen molar-refractivity contribution < 1.29 is 14.2 Å². The van der Waals surface area contributed by atoms with E-state index in [0.717, 1.165) is 0 Å². The monoisotopic (exact) mass is 218 g/mol. The van der Waals surface area contributed by atoms with Crippen molar-refractivity contribution >= 4 is 0 Å². The van der Waals surface area contributed by atoms with Gasteiger partial charge in [-0.25, -0.2) is 4.79 Å². The second-order valence-electron chi connectivity index (χ2n) is 2.75. The Morgan fingerprint density at radius 1 is 1.53 bits per heavy atom. The molecular weight excluding hydrogens is 207 g/mol. The van der Waals surface area contributed by atoms with Gasteiger partial charge >= 0.3 is 5.69 Å². The summed E-state index contributed by atoms with van der Waals surface area (Å²) < 4.78 is 18.5. The molecule has 0 aliphatic heterocycles. The molecule has 0 atom stereocenters. The van der Waals surface area contributed by atoms with Crippen molar-refractivity contribution in [3.63, 3.8) is 0 Å². The molecule has 0 aliphatic rings. The van der Waals surface area contributed by atoms with Gasteiger partial charge < -0.3 is 9.84 Å². The first-order valence-electron chi connectivity index (χ1n) is 4.37. The smallest absolute Gasteiger partial charge is 0.331 e. The molecule has 7 heteroatoms. The van der Waals surface area contributed by atoms with Crippen LogP contribution in [0.15, 0.2) is 9.59 Å². The van der Waals surface area contributed by atoms with E-state index in [1.807, 2.05) is 0 Å². The SMILES string of the molecule is CCOCCn1c(O)c(F)c(=O)[nH]c1=O. The molecule has 0 unspecified atom stereocenters. The van der Waals surface area contributed by atoms with Crippen LogP contribution in [-0.4, -0.2) is 27.9 Å². The molecule has 15 heavy (non-hydrogen) atoms. The van der Waals surface area contributed by atoms with E-state index in [1.54, 1.807) is 11.9 Å². The Hall–Kier alpha value is -1.63. The van der Waals surface area contributed by atoms with E-state index in [9.17, 15) is 19.1 Å². The summed E-state index contributed by atoms with van der Waals surface area (Å²) in [6, 6.07) is 0. The summed E-state index contributed by atoms with van der Waals surface area (Å²) in [4.78, 5) is 23.6. The minimum Gasteiger partial charge on any atom is -0.492 e. The van der Waals surface area contributed by atoms with Gasteiger partial charge in [0.05, 0.1) is 13.2 Å². The maximum atomic E-state index is 12.9. The van der Waals surface area contributed by atoms with E-state index < -0.39 is 22.9 Å². The molecule has 6 nitrogen and oxygen atoms in total. The average molecular weight is 218 g/mol. The molecule has 0 aliphatic carbocycles. The van der Waals surface area contributed by atoms with Gasteiger partial charge in [0.25, 0.3) is 5.56 Å². The maximum absolute atomic E-state index is 12.9. The summed E-state index contributed by atoms with van der Waals surface area (Å²) >= 11 is 0. The number of nitrogens with zero attached hydrogens (tertiary/aromatic N) is 1. The highest BCUT2D eigenvalue weighted by Crippen LogP contribution is 2.06. The molecule has 1 heterocycles. The van der Waals surface area contributed by atoms with Crippen LogP contribution >= 0.6 is 0 Å². The Kier molecular flexibility index (Phi) is 3.62. The lowest BCUT2D eigenvalue weighted by molar-refractivity contribution is 0.134. The highest BCUT2D eigenvalue weighted by atomic mass is 19.1. The zero-order valence-corrected chi connectivity index (χ0v) is 8.12. The molecule has 1 aromatic heterocycles. The van der Waals surface area contributed by atoms with Crippen molar-refractivity contribution in [3.8, 4) is 5.88 Å². The van der Waals surface area contributed by atoms with Crippen molar-refractivity contribution in [3.05, 3.63) is 26.7 Å². The van der Waals surface area contributed by atoms with E-state index in [0.29, 0.717) is 11.2 Å². The molecule has 1 aromatic rings. The fraction of sp³-hybridized carbons (Fsp3) is 0.500. The Labute approximate surface area is 83.9 Å². The second kappa shape index (κ2) is 4.74. The van der Waals surface area contributed by atoms with E-state index >= 15 is 0 Å². The second-order valence-corrected chi connectivity index (χ2v) is 2.75. The van der Waals surface area contributed by atoms with Crippen molar-refractivity contribution in [2.24, 2.45) is 0 Å². The molecular formula is C8H11FN2O4. The first-order valence-corrected chi connectivity index (χ1v) is 4.37. The molecule has 0 aromatic carbocycles. The van der Waals surface area contributed by atoms with Crippen LogP contribution in [0.5, 0.6) is 5.88 Å². The maximum Gasteiger partial charge on any atom is 0.331 e. The molecule has 0 amide bonds. The molecule has 0 saturated carbocycles. The van der Waals surface area contributed by atoms with Gasteiger partial charge in [-0.15, -0.1) is 0 Å². The number of hydrogen-bond donors (Lipinski definition) is 2. The van der Waals surface area contributed by atoms with Crippen LogP contribution in [0.4, 0.5) is 4.39 Å². The third-order valence-electron chi connectivity index (χ3n) is 1.78. The normalized spacial score (nSPS) is 10.5. The van der Waals surface area contributed by atoms with Crippen LogP contribution < -0.4 is 11.2 Å². The Morgan fingerprint density at radius 2 is 2.20 bits per heavy atom. The summed E-state index contributed by atoms with van der Waals surface area (Å²) in [5.74, 6) is -2.34. The number of aromatic nitrogens is 2. The van der Waals surface area contributed by atoms with Crippen molar-refractivity contribution in [1.29, 1.82) is 0 Å². The summed E-state index contributed by atoms with van der Waals surface area (Å²) in [7, 11) is 0. The highest BCUT2D eigenvalue weighted by molar-refractivity contribution is 5.09. The molecule has 1 rings (SSSR count). The van der Waals surface area contributed by atoms with E-state index in [-0.39, 0.29) is 13.2 Å². The standard InChI is InChI=1S/C8H11FN2O4/c1-2-15-4-3-11-7(13)5(9)6(12)10-8(11)14/h13H,2-4H2,1H3,(H,10,12,14). The van der Waals surface area contributed by atoms with E-state index in [4.69, 9.17) is 4.74 Å². The minimum atomic E-state index is -1.37. The van der Waals surface area contributed by atoms with Gasteiger partial charge in [0.15, 0.2) is 0 Å². The molecule has 0 saturated heterocycles. The Balaban J connectivity index is 3.02. The number of aromatic hydroxyl groups is 1. The van der Waals surface area contributed by atoms with Gasteiger partial charge in [-0.05, 0) is 6.92 Å². The van der Waals surface area contributed by atoms with Gasteiger partial charge in [0.1, 0.15) is 0 Å². The lowest BCUT2D eigenvalue weighted by Gasteiger charge is -2.07. The zero-order valence-electron chi connectivity index (χ0n) is 8.12. The fourth-order valence-corrected chi connectivity index (χ4v) is 1.04. The fourth-order valence-electron chi connectivity index (χ4n) is 1.04. The predicted molar refractivity (Wildman–Crippen MR) is 49.4 cm³/mol. The van der Waals surface area contributed by atoms with Crippen molar-refractivity contribution in [2.75, 3.05) is 13.2 Å². The molecule has 84 valence electrons. The molecule has 0 radical (unpaired) electrons. The Morgan fingerprint density at radius 3 is 2.80 bits per heavy atom. The van der Waals surface area contributed by atoms with Gasteiger partial charge in [0, 0.05) is 6.61 Å². The number of nitrogens with one attached hydrogen (secondary N) is 1. The summed E-state index contributed by atoms with van der Waals surface area (Å²) in [5, 5.41) is 9.17. The number of hydrogen-bond acceptors (Lipinski definition) is 4. The first kappa shape index (κ1) is 11.4. The quantitative estimate of drug-likeness (QED) is 0.662. The van der Waals surface area contributed by atoms with Gasteiger partial charge in [-0.1, -0.05) is 0 Å². The third kappa shape index (κ3) is 2.44. The van der Waals surface area contributed by atoms with Gasteiger partial charge in [-0.2, -0.15) is 4.39 Å². The van der Waals surface area contributed by atoms with Crippen LogP contribution in [-0.2, 0) is 11.3 Å². The number of ether oxygens (including phenoxy) is 1. The van der Waals surface area contributed by atoms with Gasteiger partial charge in [0.2, 0.25) is 11.7 Å². The number of rotatable bonds is 4. The average Bonchev–Trinajstić information content (AvgIpc) is 2.20. The first-order chi connectivity index (χ1) is 7.07. The van der Waals surface area contributed by atoms with Crippen LogP contribution in [0.3, 0.4) is 0 Å². The lowest BCUT2D eigenvalue weighted by Crippen LogP contribution is -2.32. The van der Waals surface area contributed by atoms with Crippen LogP contribution in [0, 0.1) is 5.82 Å². The summed E-state index contributed by atoms with van der Waals surface area (Å²) in [5.41, 5.74) is -2.09. The van der Waals surface area contributed by atoms with Gasteiger partial charge in [-0.3, -0.25) is 14.3 Å². The highest BCUT2D eigenvalue weighted by Gasteiger charge is 2.12. The molecule has 0 bridgehead atoms. The molecule has 0 fully saturated rings. The van der Waals surface area contributed by atoms with E-state index in [1.165, 1.54) is 0 Å². The topological polar surface area (TPSA) is 84.3 Å². The zero-order chi connectivity index (χ0) is 11.4. The van der Waals surface area contributed by atoms with Crippen LogP contribution in [0.1, 0.15) is 6.92 Å². The Bertz CT molecular complexity index is 451. The summed E-state index contributed by atoms with van der Waals surface area (Å²) in [6.45, 7) is 2.33.